The number of carbonyl (C=O) groups excluding carboxylic acids is 1. The molecular weight excluding hydrogens is 284 g/mol. The largest absolute Gasteiger partial charge is 0.392 e. The van der Waals surface area contributed by atoms with E-state index in [0.29, 0.717) is 23.8 Å². The lowest BCUT2D eigenvalue weighted by molar-refractivity contribution is 0.0534. The molecule has 2 rings (SSSR count). The van der Waals surface area contributed by atoms with Gasteiger partial charge in [-0.3, -0.25) is 9.69 Å². The van der Waals surface area contributed by atoms with Crippen molar-refractivity contribution in [3.8, 4) is 0 Å². The number of hydrogen-bond donors (Lipinski definition) is 1. The maximum Gasteiger partial charge on any atom is 0.272 e. The van der Waals surface area contributed by atoms with Gasteiger partial charge in [0, 0.05) is 31.9 Å². The lowest BCUT2D eigenvalue weighted by atomic mass is 10.0. The van der Waals surface area contributed by atoms with Gasteiger partial charge in [-0.25, -0.2) is 4.98 Å². The summed E-state index contributed by atoms with van der Waals surface area (Å²) in [5.41, 5.74) is 6.86. The van der Waals surface area contributed by atoms with E-state index in [-0.39, 0.29) is 11.4 Å². The van der Waals surface area contributed by atoms with Crippen molar-refractivity contribution in [2.75, 3.05) is 26.2 Å². The topological polar surface area (TPSA) is 62.5 Å². The first kappa shape index (κ1) is 15.9. The van der Waals surface area contributed by atoms with Crippen LogP contribution in [0.25, 0.3) is 0 Å². The minimum absolute atomic E-state index is 0.00789. The minimum atomic E-state index is -0.313. The van der Waals surface area contributed by atoms with Crippen LogP contribution in [0.5, 0.6) is 0 Å². The number of rotatable bonds is 3. The van der Waals surface area contributed by atoms with E-state index < -0.39 is 0 Å². The fourth-order valence-corrected chi connectivity index (χ4v) is 2.58. The van der Waals surface area contributed by atoms with E-state index in [2.05, 4.69) is 9.88 Å². The zero-order chi connectivity index (χ0) is 15.6. The molecule has 6 heteroatoms. The average molecular weight is 306 g/mol. The van der Waals surface area contributed by atoms with Crippen molar-refractivity contribution in [3.63, 3.8) is 0 Å². The fourth-order valence-electron chi connectivity index (χ4n) is 2.45. The van der Waals surface area contributed by atoms with Gasteiger partial charge < -0.3 is 10.6 Å². The van der Waals surface area contributed by atoms with E-state index in [1.165, 1.54) is 0 Å². The number of nitrogens with two attached hydrogens (primary N) is 1. The third-order valence-corrected chi connectivity index (χ3v) is 4.57. The summed E-state index contributed by atoms with van der Waals surface area (Å²) in [6.07, 6.45) is 0. The van der Waals surface area contributed by atoms with Crippen LogP contribution in [0.15, 0.2) is 18.2 Å². The maximum atomic E-state index is 12.4. The van der Waals surface area contributed by atoms with Crippen molar-refractivity contribution in [3.05, 3.63) is 29.6 Å². The van der Waals surface area contributed by atoms with Crippen LogP contribution in [-0.2, 0) is 0 Å². The number of nitrogens with zero attached hydrogens (tertiary/aromatic N) is 3. The minimum Gasteiger partial charge on any atom is -0.392 e. The van der Waals surface area contributed by atoms with E-state index in [1.807, 2.05) is 37.8 Å². The molecule has 1 aliphatic rings. The van der Waals surface area contributed by atoms with Gasteiger partial charge in [0.05, 0.1) is 10.5 Å². The first-order valence-electron chi connectivity index (χ1n) is 7.10. The Kier molecular flexibility index (Phi) is 4.58. The van der Waals surface area contributed by atoms with Gasteiger partial charge in [0.1, 0.15) is 5.69 Å². The molecule has 114 valence electrons. The zero-order valence-corrected chi connectivity index (χ0v) is 13.6. The van der Waals surface area contributed by atoms with Crippen molar-refractivity contribution >= 4 is 23.1 Å². The van der Waals surface area contributed by atoms with Crippen molar-refractivity contribution < 1.29 is 4.79 Å². The first-order chi connectivity index (χ1) is 9.82. The normalized spacial score (nSPS) is 16.8. The second kappa shape index (κ2) is 6.07. The summed E-state index contributed by atoms with van der Waals surface area (Å²) < 4.78 is 0. The molecule has 5 nitrogen and oxygen atoms in total. The standard InChI is InChI=1S/C15H22N4OS/c1-11-5-4-6-12(17-11)13(20)18-7-9-19(10-8-18)15(2,3)14(16)21/h4-6H,7-10H2,1-3H3,(H2,16,21). The molecule has 0 aromatic carbocycles. The van der Waals surface area contributed by atoms with E-state index in [9.17, 15) is 4.79 Å². The van der Waals surface area contributed by atoms with E-state index in [0.717, 1.165) is 18.8 Å². The van der Waals surface area contributed by atoms with Gasteiger partial charge in [0.15, 0.2) is 0 Å². The Balaban J connectivity index is 2.01. The number of aryl methyl sites for hydroxylation is 1. The molecule has 1 saturated heterocycles. The highest BCUT2D eigenvalue weighted by Gasteiger charge is 2.33. The Hall–Kier alpha value is -1.53. The molecule has 2 N–H and O–H groups in total. The maximum absolute atomic E-state index is 12.4. The van der Waals surface area contributed by atoms with Crippen LogP contribution >= 0.6 is 12.2 Å². The average Bonchev–Trinajstić information content (AvgIpc) is 2.46. The lowest BCUT2D eigenvalue weighted by Gasteiger charge is -2.43. The summed E-state index contributed by atoms with van der Waals surface area (Å²) in [7, 11) is 0. The fraction of sp³-hybridized carbons (Fsp3) is 0.533. The number of amides is 1. The van der Waals surface area contributed by atoms with Crippen LogP contribution in [0.1, 0.15) is 30.0 Å². The molecule has 0 radical (unpaired) electrons. The van der Waals surface area contributed by atoms with Gasteiger partial charge in [-0.1, -0.05) is 18.3 Å². The predicted molar refractivity (Wildman–Crippen MR) is 87.3 cm³/mol. The molecule has 1 aromatic rings. The molecule has 21 heavy (non-hydrogen) atoms. The van der Waals surface area contributed by atoms with Gasteiger partial charge >= 0.3 is 0 Å². The Morgan fingerprint density at radius 1 is 1.29 bits per heavy atom. The van der Waals surface area contributed by atoms with Gasteiger partial charge in [-0.15, -0.1) is 0 Å². The van der Waals surface area contributed by atoms with Crippen LogP contribution in [0.4, 0.5) is 0 Å². The quantitative estimate of drug-likeness (QED) is 0.851. The molecule has 0 saturated carbocycles. The Morgan fingerprint density at radius 3 is 2.43 bits per heavy atom. The van der Waals surface area contributed by atoms with Gasteiger partial charge in [-0.05, 0) is 32.9 Å². The molecular formula is C15H22N4OS. The third-order valence-electron chi connectivity index (χ3n) is 4.07. The molecule has 1 amide bonds. The van der Waals surface area contributed by atoms with Crippen LogP contribution in [-0.4, -0.2) is 57.4 Å². The molecule has 0 spiro atoms. The number of aromatic nitrogens is 1. The lowest BCUT2D eigenvalue weighted by Crippen LogP contribution is -2.59. The predicted octanol–water partition coefficient (Wildman–Crippen LogP) is 1.21. The van der Waals surface area contributed by atoms with Gasteiger partial charge in [0.25, 0.3) is 5.91 Å². The Morgan fingerprint density at radius 2 is 1.90 bits per heavy atom. The highest BCUT2D eigenvalue weighted by molar-refractivity contribution is 7.80. The third kappa shape index (κ3) is 3.39. The summed E-state index contributed by atoms with van der Waals surface area (Å²) in [6, 6.07) is 5.52. The van der Waals surface area contributed by atoms with Gasteiger partial charge in [-0.2, -0.15) is 0 Å². The monoisotopic (exact) mass is 306 g/mol. The summed E-state index contributed by atoms with van der Waals surface area (Å²) in [6.45, 7) is 8.80. The molecule has 0 aliphatic carbocycles. The van der Waals surface area contributed by atoms with Crippen molar-refractivity contribution in [2.45, 2.75) is 26.3 Å². The number of carbonyl (C=O) groups is 1. The summed E-state index contributed by atoms with van der Waals surface area (Å²) in [4.78, 5) is 21.3. The second-order valence-electron chi connectivity index (χ2n) is 5.87. The number of pyridine rings is 1. The highest BCUT2D eigenvalue weighted by atomic mass is 32.1. The molecule has 1 fully saturated rings. The van der Waals surface area contributed by atoms with Crippen LogP contribution < -0.4 is 5.73 Å². The smallest absolute Gasteiger partial charge is 0.272 e. The molecule has 0 unspecified atom stereocenters. The molecule has 0 atom stereocenters. The second-order valence-corrected chi connectivity index (χ2v) is 6.31. The number of thiocarbonyl (C=S) groups is 1. The summed E-state index contributed by atoms with van der Waals surface area (Å²) >= 11 is 5.13. The van der Waals surface area contributed by atoms with Gasteiger partial charge in [0.2, 0.25) is 0 Å². The van der Waals surface area contributed by atoms with Crippen molar-refractivity contribution in [1.82, 2.24) is 14.8 Å². The van der Waals surface area contributed by atoms with Crippen LogP contribution in [0, 0.1) is 6.92 Å². The van der Waals surface area contributed by atoms with E-state index in [4.69, 9.17) is 18.0 Å². The SMILES string of the molecule is Cc1cccc(C(=O)N2CCN(C(C)(C)C(N)=S)CC2)n1. The first-order valence-corrected chi connectivity index (χ1v) is 7.51. The summed E-state index contributed by atoms with van der Waals surface area (Å²) in [5.74, 6) is -0.00789. The van der Waals surface area contributed by atoms with Crippen LogP contribution in [0.3, 0.4) is 0 Å². The Bertz CT molecular complexity index is 550. The summed E-state index contributed by atoms with van der Waals surface area (Å²) in [5, 5.41) is 0. The molecule has 1 aliphatic heterocycles. The van der Waals surface area contributed by atoms with Crippen molar-refractivity contribution in [2.24, 2.45) is 5.73 Å². The Labute approximate surface area is 131 Å². The molecule has 1 aromatic heterocycles. The highest BCUT2D eigenvalue weighted by Crippen LogP contribution is 2.18. The van der Waals surface area contributed by atoms with E-state index >= 15 is 0 Å². The zero-order valence-electron chi connectivity index (χ0n) is 12.8. The number of hydrogen-bond acceptors (Lipinski definition) is 4. The van der Waals surface area contributed by atoms with Crippen LogP contribution in [0.2, 0.25) is 0 Å². The van der Waals surface area contributed by atoms with E-state index in [1.54, 1.807) is 6.07 Å². The van der Waals surface area contributed by atoms with Crippen molar-refractivity contribution in [1.29, 1.82) is 0 Å². The number of piperazine rings is 1. The molecule has 0 bridgehead atoms. The molecule has 2 heterocycles.